The van der Waals surface area contributed by atoms with Gasteiger partial charge in [-0.3, -0.25) is 9.59 Å². The molecule has 0 radical (unpaired) electrons. The number of hydrogen-bond donors (Lipinski definition) is 1. The molecule has 0 aromatic heterocycles. The predicted molar refractivity (Wildman–Crippen MR) is 78.7 cm³/mol. The van der Waals surface area contributed by atoms with Crippen molar-refractivity contribution in [3.8, 4) is 0 Å². The Labute approximate surface area is 126 Å². The van der Waals surface area contributed by atoms with Crippen LogP contribution in [0.2, 0.25) is 0 Å². The maximum atomic E-state index is 13.1. The smallest absolute Gasteiger partial charge is 0.248 e. The number of nitrogens with one attached hydrogen (secondary N) is 1. The van der Waals surface area contributed by atoms with Crippen LogP contribution in [0, 0.1) is 5.92 Å². The SMILES string of the molecule is CC1CC(=O)NC2(CCCCC2)C(=O)N1CC1CCOC1. The molecule has 2 unspecified atom stereocenters. The molecule has 0 aromatic rings. The number of carbonyl (C=O) groups is 2. The average molecular weight is 294 g/mol. The zero-order valence-corrected chi connectivity index (χ0v) is 12.9. The summed E-state index contributed by atoms with van der Waals surface area (Å²) < 4.78 is 5.44. The van der Waals surface area contributed by atoms with Gasteiger partial charge in [-0.1, -0.05) is 19.3 Å². The zero-order valence-electron chi connectivity index (χ0n) is 12.9. The number of nitrogens with zero attached hydrogens (tertiary/aromatic N) is 1. The van der Waals surface area contributed by atoms with E-state index in [0.29, 0.717) is 12.3 Å². The molecule has 1 aliphatic carbocycles. The molecule has 1 spiro atoms. The van der Waals surface area contributed by atoms with Crippen LogP contribution in [0.15, 0.2) is 0 Å². The number of rotatable bonds is 2. The summed E-state index contributed by atoms with van der Waals surface area (Å²) in [4.78, 5) is 27.3. The van der Waals surface area contributed by atoms with Gasteiger partial charge in [-0.15, -0.1) is 0 Å². The van der Waals surface area contributed by atoms with Gasteiger partial charge in [0.05, 0.1) is 6.61 Å². The minimum absolute atomic E-state index is 0.0144. The van der Waals surface area contributed by atoms with Crippen LogP contribution in [0.3, 0.4) is 0 Å². The van der Waals surface area contributed by atoms with Crippen LogP contribution in [-0.2, 0) is 14.3 Å². The molecule has 2 amide bonds. The van der Waals surface area contributed by atoms with Gasteiger partial charge in [-0.05, 0) is 26.2 Å². The second kappa shape index (κ2) is 5.95. The van der Waals surface area contributed by atoms with Crippen LogP contribution < -0.4 is 5.32 Å². The first kappa shape index (κ1) is 14.8. The summed E-state index contributed by atoms with van der Waals surface area (Å²) >= 11 is 0. The van der Waals surface area contributed by atoms with E-state index in [1.165, 1.54) is 0 Å². The van der Waals surface area contributed by atoms with Crippen molar-refractivity contribution in [2.75, 3.05) is 19.8 Å². The lowest BCUT2D eigenvalue weighted by atomic mass is 9.80. The topological polar surface area (TPSA) is 58.6 Å². The molecule has 3 aliphatic rings. The Morgan fingerprint density at radius 2 is 2.05 bits per heavy atom. The lowest BCUT2D eigenvalue weighted by Crippen LogP contribution is -2.59. The summed E-state index contributed by atoms with van der Waals surface area (Å²) in [6.07, 6.45) is 6.24. The van der Waals surface area contributed by atoms with E-state index in [-0.39, 0.29) is 17.9 Å². The van der Waals surface area contributed by atoms with E-state index in [2.05, 4.69) is 5.32 Å². The van der Waals surface area contributed by atoms with Crippen molar-refractivity contribution in [3.05, 3.63) is 0 Å². The highest BCUT2D eigenvalue weighted by atomic mass is 16.5. The van der Waals surface area contributed by atoms with Gasteiger partial charge in [0.1, 0.15) is 5.54 Å². The van der Waals surface area contributed by atoms with Crippen LogP contribution in [0.4, 0.5) is 0 Å². The van der Waals surface area contributed by atoms with Gasteiger partial charge in [0.15, 0.2) is 0 Å². The standard InChI is InChI=1S/C16H26N2O3/c1-12-9-14(19)17-16(6-3-2-4-7-16)15(20)18(12)10-13-5-8-21-11-13/h12-13H,2-11H2,1H3,(H,17,19). The molecule has 0 aromatic carbocycles. The van der Waals surface area contributed by atoms with E-state index >= 15 is 0 Å². The third-order valence-corrected chi connectivity index (χ3v) is 5.25. The molecule has 2 aliphatic heterocycles. The largest absolute Gasteiger partial charge is 0.381 e. The second-order valence-corrected chi connectivity index (χ2v) is 6.93. The Morgan fingerprint density at radius 3 is 2.71 bits per heavy atom. The van der Waals surface area contributed by atoms with E-state index < -0.39 is 5.54 Å². The molecule has 2 heterocycles. The first-order valence-corrected chi connectivity index (χ1v) is 8.30. The Balaban J connectivity index is 1.81. The summed E-state index contributed by atoms with van der Waals surface area (Å²) in [6, 6.07) is -0.0144. The number of carbonyl (C=O) groups excluding carboxylic acids is 2. The minimum Gasteiger partial charge on any atom is -0.381 e. The molecular formula is C16H26N2O3. The summed E-state index contributed by atoms with van der Waals surface area (Å²) in [5.41, 5.74) is -0.625. The van der Waals surface area contributed by atoms with Crippen molar-refractivity contribution in [1.82, 2.24) is 10.2 Å². The molecule has 21 heavy (non-hydrogen) atoms. The van der Waals surface area contributed by atoms with Gasteiger partial charge in [0, 0.05) is 31.5 Å². The quantitative estimate of drug-likeness (QED) is 0.839. The fourth-order valence-corrected chi connectivity index (χ4v) is 3.99. The molecule has 1 N–H and O–H groups in total. The van der Waals surface area contributed by atoms with Crippen LogP contribution in [0.1, 0.15) is 51.9 Å². The van der Waals surface area contributed by atoms with Gasteiger partial charge < -0.3 is 15.0 Å². The van der Waals surface area contributed by atoms with Crippen LogP contribution in [0.5, 0.6) is 0 Å². The molecule has 3 rings (SSSR count). The first-order chi connectivity index (χ1) is 10.1. The monoisotopic (exact) mass is 294 g/mol. The summed E-state index contributed by atoms with van der Waals surface area (Å²) in [5, 5.41) is 3.07. The third kappa shape index (κ3) is 2.93. The minimum atomic E-state index is -0.625. The summed E-state index contributed by atoms with van der Waals surface area (Å²) in [7, 11) is 0. The molecule has 5 heteroatoms. The molecule has 5 nitrogen and oxygen atoms in total. The molecule has 0 bridgehead atoms. The van der Waals surface area contributed by atoms with Gasteiger partial charge >= 0.3 is 0 Å². The molecular weight excluding hydrogens is 268 g/mol. The van der Waals surface area contributed by atoms with E-state index in [0.717, 1.165) is 58.3 Å². The van der Waals surface area contributed by atoms with E-state index in [1.54, 1.807) is 0 Å². The zero-order chi connectivity index (χ0) is 14.9. The third-order valence-electron chi connectivity index (χ3n) is 5.25. The number of hydrogen-bond acceptors (Lipinski definition) is 3. The van der Waals surface area contributed by atoms with E-state index in [4.69, 9.17) is 4.74 Å². The van der Waals surface area contributed by atoms with Crippen molar-refractivity contribution in [2.24, 2.45) is 5.92 Å². The Kier molecular flexibility index (Phi) is 4.20. The van der Waals surface area contributed by atoms with Gasteiger partial charge in [-0.2, -0.15) is 0 Å². The molecule has 1 saturated carbocycles. The lowest BCUT2D eigenvalue weighted by molar-refractivity contribution is -0.142. The highest BCUT2D eigenvalue weighted by Gasteiger charge is 2.47. The maximum absolute atomic E-state index is 13.1. The van der Waals surface area contributed by atoms with Crippen molar-refractivity contribution in [1.29, 1.82) is 0 Å². The highest BCUT2D eigenvalue weighted by molar-refractivity contribution is 5.94. The van der Waals surface area contributed by atoms with Crippen LogP contribution in [0.25, 0.3) is 0 Å². The Morgan fingerprint density at radius 1 is 1.29 bits per heavy atom. The predicted octanol–water partition coefficient (Wildman–Crippen LogP) is 1.46. The van der Waals surface area contributed by atoms with E-state index in [9.17, 15) is 9.59 Å². The lowest BCUT2D eigenvalue weighted by Gasteiger charge is -2.39. The Bertz CT molecular complexity index is 412. The highest BCUT2D eigenvalue weighted by Crippen LogP contribution is 2.33. The molecule has 118 valence electrons. The first-order valence-electron chi connectivity index (χ1n) is 8.30. The van der Waals surface area contributed by atoms with Crippen molar-refractivity contribution in [3.63, 3.8) is 0 Å². The maximum Gasteiger partial charge on any atom is 0.248 e. The van der Waals surface area contributed by atoms with Gasteiger partial charge in [0.2, 0.25) is 11.8 Å². The van der Waals surface area contributed by atoms with Gasteiger partial charge in [-0.25, -0.2) is 0 Å². The Hall–Kier alpha value is -1.10. The molecule has 3 fully saturated rings. The summed E-state index contributed by atoms with van der Waals surface area (Å²) in [5.74, 6) is 0.598. The van der Waals surface area contributed by atoms with Crippen LogP contribution >= 0.6 is 0 Å². The van der Waals surface area contributed by atoms with Crippen molar-refractivity contribution >= 4 is 11.8 Å². The second-order valence-electron chi connectivity index (χ2n) is 6.93. The van der Waals surface area contributed by atoms with Crippen LogP contribution in [-0.4, -0.2) is 48.1 Å². The number of amides is 2. The fourth-order valence-electron chi connectivity index (χ4n) is 3.99. The van der Waals surface area contributed by atoms with Crippen molar-refractivity contribution < 1.29 is 14.3 Å². The molecule has 2 atom stereocenters. The van der Waals surface area contributed by atoms with E-state index in [1.807, 2.05) is 11.8 Å². The van der Waals surface area contributed by atoms with Gasteiger partial charge in [0.25, 0.3) is 0 Å². The normalized spacial score (nSPS) is 33.1. The number of ether oxygens (including phenoxy) is 1. The summed E-state index contributed by atoms with van der Waals surface area (Å²) in [6.45, 7) is 4.26. The fraction of sp³-hybridized carbons (Fsp3) is 0.875. The average Bonchev–Trinajstić information content (AvgIpc) is 2.95. The van der Waals surface area contributed by atoms with Crippen molar-refractivity contribution in [2.45, 2.75) is 63.5 Å². The molecule has 2 saturated heterocycles.